The first-order valence-corrected chi connectivity index (χ1v) is 8.24. The summed E-state index contributed by atoms with van der Waals surface area (Å²) in [5, 5.41) is 3.67. The molecule has 0 aliphatic carbocycles. The summed E-state index contributed by atoms with van der Waals surface area (Å²) in [7, 11) is 0. The lowest BCUT2D eigenvalue weighted by molar-refractivity contribution is -0.116. The van der Waals surface area contributed by atoms with Crippen molar-refractivity contribution in [2.45, 2.75) is 6.42 Å². The molecule has 2 heterocycles. The molecule has 3 aromatic rings. The Morgan fingerprint density at radius 3 is 2.31 bits per heavy atom. The third-order valence-electron chi connectivity index (χ3n) is 4.36. The zero-order chi connectivity index (χ0) is 18.1. The molecule has 0 radical (unpaired) electrons. The Balaban J connectivity index is 1.45. The van der Waals surface area contributed by atoms with Gasteiger partial charge in [0.1, 0.15) is 0 Å². The molecule has 1 N–H and O–H groups in total. The molecule has 26 heavy (non-hydrogen) atoms. The van der Waals surface area contributed by atoms with Gasteiger partial charge in [-0.15, -0.1) is 0 Å². The second-order valence-corrected chi connectivity index (χ2v) is 5.98. The molecule has 1 aromatic heterocycles. The summed E-state index contributed by atoms with van der Waals surface area (Å²) >= 11 is 0. The number of hydrogen-bond acceptors (Lipinski definition) is 4. The molecule has 4 rings (SSSR count). The number of imide groups is 1. The molecule has 128 valence electrons. The van der Waals surface area contributed by atoms with Crippen LogP contribution in [0.15, 0.2) is 60.8 Å². The monoisotopic (exact) mass is 345 g/mol. The predicted molar refractivity (Wildman–Crippen MR) is 96.8 cm³/mol. The van der Waals surface area contributed by atoms with Crippen LogP contribution in [0.3, 0.4) is 0 Å². The summed E-state index contributed by atoms with van der Waals surface area (Å²) < 4.78 is 0. The van der Waals surface area contributed by atoms with Crippen molar-refractivity contribution in [3.63, 3.8) is 0 Å². The highest BCUT2D eigenvalue weighted by molar-refractivity contribution is 6.21. The molecule has 3 amide bonds. The van der Waals surface area contributed by atoms with Crippen molar-refractivity contribution in [3.8, 4) is 0 Å². The topological polar surface area (TPSA) is 79.4 Å². The summed E-state index contributed by atoms with van der Waals surface area (Å²) in [6, 6.07) is 15.9. The number of carbonyl (C=O) groups is 3. The molecule has 0 saturated heterocycles. The molecule has 0 spiro atoms. The Labute approximate surface area is 149 Å². The molecule has 1 aliphatic rings. The third kappa shape index (κ3) is 2.71. The van der Waals surface area contributed by atoms with Gasteiger partial charge in [-0.25, -0.2) is 0 Å². The van der Waals surface area contributed by atoms with E-state index in [1.807, 2.05) is 24.3 Å². The van der Waals surface area contributed by atoms with Gasteiger partial charge in [-0.2, -0.15) is 0 Å². The lowest BCUT2D eigenvalue weighted by atomic mass is 10.1. The van der Waals surface area contributed by atoms with Crippen LogP contribution in [0.25, 0.3) is 10.9 Å². The predicted octanol–water partition coefficient (Wildman–Crippen LogP) is 2.86. The van der Waals surface area contributed by atoms with Crippen molar-refractivity contribution in [2.24, 2.45) is 0 Å². The number of rotatable bonds is 4. The normalized spacial score (nSPS) is 13.2. The number of benzene rings is 2. The molecule has 6 heteroatoms. The van der Waals surface area contributed by atoms with E-state index in [2.05, 4.69) is 10.3 Å². The minimum atomic E-state index is -0.354. The maximum Gasteiger partial charge on any atom is 0.261 e. The van der Waals surface area contributed by atoms with E-state index in [0.717, 1.165) is 15.8 Å². The van der Waals surface area contributed by atoms with Crippen LogP contribution in [0, 0.1) is 0 Å². The molecule has 0 atom stereocenters. The molecular formula is C20H15N3O3. The van der Waals surface area contributed by atoms with Crippen molar-refractivity contribution in [1.29, 1.82) is 0 Å². The van der Waals surface area contributed by atoms with Crippen molar-refractivity contribution in [1.82, 2.24) is 9.88 Å². The van der Waals surface area contributed by atoms with E-state index in [4.69, 9.17) is 0 Å². The van der Waals surface area contributed by atoms with E-state index in [-0.39, 0.29) is 30.7 Å². The van der Waals surface area contributed by atoms with E-state index in [1.54, 1.807) is 36.5 Å². The van der Waals surface area contributed by atoms with E-state index in [9.17, 15) is 14.4 Å². The summed E-state index contributed by atoms with van der Waals surface area (Å²) in [5.41, 5.74) is 2.21. The van der Waals surface area contributed by atoms with Gasteiger partial charge >= 0.3 is 0 Å². The van der Waals surface area contributed by atoms with Crippen molar-refractivity contribution >= 4 is 34.3 Å². The van der Waals surface area contributed by atoms with E-state index >= 15 is 0 Å². The molecule has 0 saturated carbocycles. The maximum absolute atomic E-state index is 12.3. The number of amides is 3. The van der Waals surface area contributed by atoms with Gasteiger partial charge in [-0.1, -0.05) is 30.3 Å². The first-order valence-electron chi connectivity index (χ1n) is 8.24. The lowest BCUT2D eigenvalue weighted by Crippen LogP contribution is -2.32. The summed E-state index contributed by atoms with van der Waals surface area (Å²) in [6.07, 6.45) is 1.66. The number of anilines is 1. The Morgan fingerprint density at radius 1 is 0.923 bits per heavy atom. The van der Waals surface area contributed by atoms with Gasteiger partial charge in [0.05, 0.1) is 22.3 Å². The molecule has 0 fully saturated rings. The smallest absolute Gasteiger partial charge is 0.261 e. The number of aromatic nitrogens is 1. The Hall–Kier alpha value is -3.54. The van der Waals surface area contributed by atoms with Crippen molar-refractivity contribution < 1.29 is 14.4 Å². The van der Waals surface area contributed by atoms with Crippen LogP contribution in [-0.4, -0.2) is 34.2 Å². The Bertz CT molecular complexity index is 1000. The fourth-order valence-corrected chi connectivity index (χ4v) is 3.07. The van der Waals surface area contributed by atoms with E-state index in [1.165, 1.54) is 0 Å². The largest absolute Gasteiger partial charge is 0.325 e. The zero-order valence-electron chi connectivity index (χ0n) is 13.8. The molecule has 6 nitrogen and oxygen atoms in total. The van der Waals surface area contributed by atoms with Gasteiger partial charge in [-0.3, -0.25) is 24.3 Å². The van der Waals surface area contributed by atoms with E-state index in [0.29, 0.717) is 16.8 Å². The lowest BCUT2D eigenvalue weighted by Gasteiger charge is -2.14. The SMILES string of the molecule is O=C(CCN1C(=O)c2ccccc2C1=O)Nc1ccnc2ccccc12. The Morgan fingerprint density at radius 2 is 1.58 bits per heavy atom. The average molecular weight is 345 g/mol. The van der Waals surface area contributed by atoms with Crippen molar-refractivity contribution in [2.75, 3.05) is 11.9 Å². The van der Waals surface area contributed by atoms with Gasteiger partial charge in [0, 0.05) is 24.5 Å². The van der Waals surface area contributed by atoms with Gasteiger partial charge in [0.25, 0.3) is 11.8 Å². The number of nitrogens with one attached hydrogen (secondary N) is 1. The molecule has 1 aliphatic heterocycles. The van der Waals surface area contributed by atoms with Crippen LogP contribution in [0.1, 0.15) is 27.1 Å². The molecule has 0 unspecified atom stereocenters. The standard InChI is InChI=1S/C20H15N3O3/c24-18(22-17-9-11-21-16-8-4-3-7-15(16)17)10-12-23-19(25)13-5-1-2-6-14(13)20(23)26/h1-9,11H,10,12H2,(H,21,22,24). The summed E-state index contributed by atoms with van der Waals surface area (Å²) in [6.45, 7) is 0.0429. The first-order chi connectivity index (χ1) is 12.6. The fraction of sp³-hybridized carbons (Fsp3) is 0.100. The summed E-state index contributed by atoms with van der Waals surface area (Å²) in [5.74, 6) is -0.974. The number of fused-ring (bicyclic) bond motifs is 2. The highest BCUT2D eigenvalue weighted by Crippen LogP contribution is 2.23. The van der Waals surface area contributed by atoms with Gasteiger partial charge in [0.2, 0.25) is 5.91 Å². The number of nitrogens with zero attached hydrogens (tertiary/aromatic N) is 2. The van der Waals surface area contributed by atoms with Gasteiger partial charge < -0.3 is 5.32 Å². The highest BCUT2D eigenvalue weighted by atomic mass is 16.2. The first kappa shape index (κ1) is 16.0. The zero-order valence-corrected chi connectivity index (χ0v) is 13.8. The van der Waals surface area contributed by atoms with E-state index < -0.39 is 0 Å². The number of carbonyl (C=O) groups excluding carboxylic acids is 3. The number of para-hydroxylation sites is 1. The van der Waals surface area contributed by atoms with Crippen LogP contribution in [0.5, 0.6) is 0 Å². The third-order valence-corrected chi connectivity index (χ3v) is 4.36. The molecule has 0 bridgehead atoms. The highest BCUT2D eigenvalue weighted by Gasteiger charge is 2.34. The fourth-order valence-electron chi connectivity index (χ4n) is 3.07. The van der Waals surface area contributed by atoms with Crippen LogP contribution in [0.2, 0.25) is 0 Å². The van der Waals surface area contributed by atoms with Crippen LogP contribution in [0.4, 0.5) is 5.69 Å². The van der Waals surface area contributed by atoms with Crippen molar-refractivity contribution in [3.05, 3.63) is 71.9 Å². The van der Waals surface area contributed by atoms with Crippen LogP contribution < -0.4 is 5.32 Å². The quantitative estimate of drug-likeness (QED) is 0.738. The van der Waals surface area contributed by atoms with Gasteiger partial charge in [0.15, 0.2) is 0 Å². The second-order valence-electron chi connectivity index (χ2n) is 5.98. The van der Waals surface area contributed by atoms with Gasteiger partial charge in [-0.05, 0) is 24.3 Å². The molecule has 2 aromatic carbocycles. The maximum atomic E-state index is 12.3. The second kappa shape index (κ2) is 6.40. The minimum Gasteiger partial charge on any atom is -0.325 e. The van der Waals surface area contributed by atoms with Crippen LogP contribution in [-0.2, 0) is 4.79 Å². The molecular weight excluding hydrogens is 330 g/mol. The number of hydrogen-bond donors (Lipinski definition) is 1. The number of pyridine rings is 1. The average Bonchev–Trinajstić information content (AvgIpc) is 2.91. The Kier molecular flexibility index (Phi) is 3.93. The minimum absolute atomic E-state index is 0.0299. The van der Waals surface area contributed by atoms with Crippen LogP contribution >= 0.6 is 0 Å². The summed E-state index contributed by atoms with van der Waals surface area (Å²) in [4.78, 5) is 42.3.